The number of aliphatic hydroxyl groups excluding tert-OH is 1. The fraction of sp³-hybridized carbons (Fsp3) is 0.684. The number of nitrogens with one attached hydrogen (secondary N) is 2. The molecule has 4 heterocycles. The molecule has 5 heteroatoms. The molecule has 1 aromatic carbocycles. The first kappa shape index (κ1) is 16.2. The summed E-state index contributed by atoms with van der Waals surface area (Å²) in [5.41, 5.74) is 1.36. The molecule has 5 nitrogen and oxygen atoms in total. The fourth-order valence-electron chi connectivity index (χ4n) is 6.02. The normalized spacial score (nSPS) is 43.2. The molecule has 4 bridgehead atoms. The summed E-state index contributed by atoms with van der Waals surface area (Å²) in [4.78, 5) is 3.17. The molecule has 0 unspecified atom stereocenters. The fourth-order valence-corrected chi connectivity index (χ4v) is 6.02. The van der Waals surface area contributed by atoms with E-state index in [-0.39, 0.29) is 22.7 Å². The summed E-state index contributed by atoms with van der Waals surface area (Å²) in [7, 11) is 1.60. The Morgan fingerprint density at radius 3 is 2.08 bits per heavy atom. The second kappa shape index (κ2) is 5.35. The van der Waals surface area contributed by atoms with Crippen LogP contribution in [-0.4, -0.2) is 49.6 Å². The lowest BCUT2D eigenvalue weighted by atomic mass is 9.57. The smallest absolute Gasteiger partial charge is 0.240 e. The molecule has 4 aliphatic heterocycles. The molecular weight excluding hydrogens is 304 g/mol. The van der Waals surface area contributed by atoms with Gasteiger partial charge in [0.2, 0.25) is 6.17 Å². The first-order chi connectivity index (χ1) is 11.5. The monoisotopic (exact) mass is 334 g/mol. The lowest BCUT2D eigenvalue weighted by molar-refractivity contribution is -1.19. The summed E-state index contributed by atoms with van der Waals surface area (Å²) in [6.45, 7) is 8.65. The van der Waals surface area contributed by atoms with Crippen molar-refractivity contribution in [3.8, 4) is 11.5 Å². The van der Waals surface area contributed by atoms with Crippen molar-refractivity contribution in [3.05, 3.63) is 23.8 Å². The van der Waals surface area contributed by atoms with Crippen LogP contribution < -0.4 is 14.5 Å². The molecule has 0 spiro atoms. The van der Waals surface area contributed by atoms with Crippen LogP contribution in [0, 0.1) is 10.8 Å². The van der Waals surface area contributed by atoms with E-state index in [2.05, 4.69) is 13.8 Å². The van der Waals surface area contributed by atoms with E-state index in [1.165, 1.54) is 5.56 Å². The van der Waals surface area contributed by atoms with Gasteiger partial charge in [-0.25, -0.2) is 0 Å². The number of rotatable bonds is 4. The molecule has 4 N–H and O–H groups in total. The number of hydrogen-bond acceptors (Lipinski definition) is 3. The van der Waals surface area contributed by atoms with Crippen molar-refractivity contribution in [2.45, 2.75) is 39.0 Å². The van der Waals surface area contributed by atoms with Crippen molar-refractivity contribution in [1.29, 1.82) is 0 Å². The van der Waals surface area contributed by atoms with Crippen molar-refractivity contribution in [1.82, 2.24) is 0 Å². The highest BCUT2D eigenvalue weighted by atomic mass is 16.5. The van der Waals surface area contributed by atoms with E-state index in [0.29, 0.717) is 11.9 Å². The number of aromatic hydroxyl groups is 1. The number of aliphatic hydroxyl groups is 1. The molecule has 0 aromatic heterocycles. The van der Waals surface area contributed by atoms with Crippen LogP contribution in [0.15, 0.2) is 18.2 Å². The van der Waals surface area contributed by atoms with E-state index >= 15 is 0 Å². The number of piperidine rings is 2. The van der Waals surface area contributed by atoms with Crippen molar-refractivity contribution in [3.63, 3.8) is 0 Å². The van der Waals surface area contributed by atoms with E-state index < -0.39 is 0 Å². The Hall–Kier alpha value is -1.30. The van der Waals surface area contributed by atoms with E-state index in [9.17, 15) is 10.2 Å². The standard InChI is InChI=1S/C19H28N2O3/c1-4-18-9-20-11-19(5-2,17(18)23)12-21(10-18)16(20)13-6-7-14(22)15(8-13)24-3/h6-8,16-17,22-23H,4-5,9-12H2,1-3H3/p+2. The zero-order chi connectivity index (χ0) is 17.1. The number of phenolic OH excluding ortho intramolecular Hbond substituents is 1. The maximum Gasteiger partial charge on any atom is 0.240 e. The topological polar surface area (TPSA) is 58.6 Å². The number of hydrogen-bond donors (Lipinski definition) is 4. The SMILES string of the molecule is CCC12C[NH+]3CC(CC)(C[NH+](C1)C3c1ccc(O)c(OC)c1)C2O. The molecule has 4 aliphatic rings. The van der Waals surface area contributed by atoms with Gasteiger partial charge in [0.25, 0.3) is 0 Å². The van der Waals surface area contributed by atoms with Gasteiger partial charge in [0.05, 0.1) is 55.8 Å². The molecule has 0 radical (unpaired) electrons. The third kappa shape index (κ3) is 1.98. The Morgan fingerprint density at radius 1 is 1.08 bits per heavy atom. The van der Waals surface area contributed by atoms with Crippen LogP contribution in [0.4, 0.5) is 0 Å². The Balaban J connectivity index is 1.73. The first-order valence-electron chi connectivity index (χ1n) is 9.23. The zero-order valence-corrected chi connectivity index (χ0v) is 14.9. The molecule has 0 atom stereocenters. The van der Waals surface area contributed by atoms with E-state index in [1.54, 1.807) is 23.0 Å². The number of benzene rings is 1. The van der Waals surface area contributed by atoms with E-state index in [1.807, 2.05) is 12.1 Å². The van der Waals surface area contributed by atoms with E-state index in [4.69, 9.17) is 4.74 Å². The summed E-state index contributed by atoms with van der Waals surface area (Å²) in [5.74, 6) is 0.753. The van der Waals surface area contributed by atoms with Crippen LogP contribution in [0.1, 0.15) is 38.4 Å². The number of phenols is 1. The van der Waals surface area contributed by atoms with Gasteiger partial charge in [-0.3, -0.25) is 9.80 Å². The number of ether oxygens (including phenoxy) is 1. The van der Waals surface area contributed by atoms with Gasteiger partial charge in [0.1, 0.15) is 0 Å². The third-order valence-corrected chi connectivity index (χ3v) is 7.24. The Bertz CT molecular complexity index is 607. The molecule has 0 amide bonds. The summed E-state index contributed by atoms with van der Waals surface area (Å²) in [6, 6.07) is 5.79. The average molecular weight is 334 g/mol. The average Bonchev–Trinajstić information content (AvgIpc) is 2.59. The summed E-state index contributed by atoms with van der Waals surface area (Å²) < 4.78 is 5.32. The summed E-state index contributed by atoms with van der Waals surface area (Å²) in [6.07, 6.45) is 2.32. The molecule has 0 saturated carbocycles. The van der Waals surface area contributed by atoms with Crippen LogP contribution in [0.2, 0.25) is 0 Å². The minimum absolute atomic E-state index is 0.0642. The molecule has 4 fully saturated rings. The maximum absolute atomic E-state index is 11.1. The van der Waals surface area contributed by atoms with Crippen molar-refractivity contribution < 1.29 is 24.7 Å². The number of methoxy groups -OCH3 is 1. The van der Waals surface area contributed by atoms with Crippen LogP contribution in [0.25, 0.3) is 0 Å². The highest BCUT2D eigenvalue weighted by molar-refractivity contribution is 5.42. The highest BCUT2D eigenvalue weighted by Gasteiger charge is 2.69. The predicted octanol–water partition coefficient (Wildman–Crippen LogP) is -0.636. The molecule has 0 aliphatic carbocycles. The highest BCUT2D eigenvalue weighted by Crippen LogP contribution is 2.44. The van der Waals surface area contributed by atoms with Crippen LogP contribution in [-0.2, 0) is 0 Å². The van der Waals surface area contributed by atoms with Gasteiger partial charge in [-0.1, -0.05) is 13.8 Å². The Morgan fingerprint density at radius 2 is 1.62 bits per heavy atom. The number of quaternary nitrogens is 2. The van der Waals surface area contributed by atoms with Gasteiger partial charge in [-0.2, -0.15) is 0 Å². The lowest BCUT2D eigenvalue weighted by Gasteiger charge is -2.64. The van der Waals surface area contributed by atoms with Gasteiger partial charge >= 0.3 is 0 Å². The van der Waals surface area contributed by atoms with Crippen LogP contribution in [0.3, 0.4) is 0 Å². The molecular formula is C19H30N2O3+2. The van der Waals surface area contributed by atoms with Crippen LogP contribution >= 0.6 is 0 Å². The molecule has 24 heavy (non-hydrogen) atoms. The van der Waals surface area contributed by atoms with Gasteiger partial charge in [-0.15, -0.1) is 0 Å². The predicted molar refractivity (Wildman–Crippen MR) is 90.2 cm³/mol. The van der Waals surface area contributed by atoms with Gasteiger partial charge in [0.15, 0.2) is 11.5 Å². The Kier molecular flexibility index (Phi) is 3.61. The summed E-state index contributed by atoms with van der Waals surface area (Å²) >= 11 is 0. The van der Waals surface area contributed by atoms with Crippen molar-refractivity contribution in [2.75, 3.05) is 33.3 Å². The van der Waals surface area contributed by atoms with E-state index in [0.717, 1.165) is 39.0 Å². The first-order valence-corrected chi connectivity index (χ1v) is 9.23. The lowest BCUT2D eigenvalue weighted by Crippen LogP contribution is -3.41. The van der Waals surface area contributed by atoms with Gasteiger partial charge in [-0.05, 0) is 31.0 Å². The van der Waals surface area contributed by atoms with Gasteiger partial charge in [0, 0.05) is 0 Å². The minimum Gasteiger partial charge on any atom is -0.504 e. The second-order valence-electron chi connectivity index (χ2n) is 8.22. The van der Waals surface area contributed by atoms with Crippen molar-refractivity contribution >= 4 is 0 Å². The quantitative estimate of drug-likeness (QED) is 0.593. The van der Waals surface area contributed by atoms with Gasteiger partial charge < -0.3 is 14.9 Å². The maximum atomic E-state index is 11.1. The third-order valence-electron chi connectivity index (χ3n) is 7.24. The Labute approximate surface area is 143 Å². The molecule has 132 valence electrons. The summed E-state index contributed by atoms with van der Waals surface area (Å²) in [5, 5.41) is 21.0. The van der Waals surface area contributed by atoms with Crippen LogP contribution in [0.5, 0.6) is 11.5 Å². The minimum atomic E-state index is -0.164. The molecule has 5 rings (SSSR count). The molecule has 4 saturated heterocycles. The second-order valence-corrected chi connectivity index (χ2v) is 8.22. The molecule has 1 aromatic rings. The van der Waals surface area contributed by atoms with Crippen molar-refractivity contribution in [2.24, 2.45) is 10.8 Å². The zero-order valence-electron chi connectivity index (χ0n) is 14.9. The largest absolute Gasteiger partial charge is 0.504 e.